The Hall–Kier alpha value is -1.83. The molecule has 0 spiro atoms. The van der Waals surface area contributed by atoms with E-state index in [-0.39, 0.29) is 18.0 Å². The molecule has 112 valence electrons. The average Bonchev–Trinajstić information content (AvgIpc) is 2.82. The molecule has 0 fully saturated rings. The Balaban J connectivity index is 1.93. The van der Waals surface area contributed by atoms with Gasteiger partial charge in [0.2, 0.25) is 5.91 Å². The Morgan fingerprint density at radius 2 is 2.14 bits per heavy atom. The maximum absolute atomic E-state index is 12.5. The molecule has 0 aliphatic rings. The van der Waals surface area contributed by atoms with Gasteiger partial charge in [-0.25, -0.2) is 0 Å². The summed E-state index contributed by atoms with van der Waals surface area (Å²) in [6.07, 6.45) is -1.02. The fourth-order valence-corrected chi connectivity index (χ4v) is 2.00. The number of halogens is 4. The predicted molar refractivity (Wildman–Crippen MR) is 74.6 cm³/mol. The van der Waals surface area contributed by atoms with Crippen molar-refractivity contribution in [2.45, 2.75) is 19.1 Å². The van der Waals surface area contributed by atoms with E-state index in [1.54, 1.807) is 17.1 Å². The standard InChI is InChI=1S/C13H11BrF3N3O/c14-10-7-18-20(8-10)5-4-12(21)19-11-3-1-2-9(6-11)13(15,16)17/h1-3,6-8H,4-5H2,(H,19,21). The van der Waals surface area contributed by atoms with Crippen LogP contribution in [0.25, 0.3) is 0 Å². The molecule has 2 rings (SSSR count). The molecule has 0 aliphatic heterocycles. The lowest BCUT2D eigenvalue weighted by Crippen LogP contribution is -2.15. The zero-order valence-corrected chi connectivity index (χ0v) is 12.3. The third-order valence-corrected chi connectivity index (χ3v) is 3.05. The second-order valence-electron chi connectivity index (χ2n) is 4.30. The minimum absolute atomic E-state index is 0.115. The van der Waals surface area contributed by atoms with Crippen LogP contribution < -0.4 is 5.32 Å². The third-order valence-electron chi connectivity index (χ3n) is 2.64. The number of rotatable bonds is 4. The van der Waals surface area contributed by atoms with E-state index in [9.17, 15) is 18.0 Å². The molecule has 21 heavy (non-hydrogen) atoms. The highest BCUT2D eigenvalue weighted by Gasteiger charge is 2.30. The van der Waals surface area contributed by atoms with Gasteiger partial charge < -0.3 is 5.32 Å². The van der Waals surface area contributed by atoms with Gasteiger partial charge in [0.25, 0.3) is 0 Å². The molecule has 1 heterocycles. The summed E-state index contributed by atoms with van der Waals surface area (Å²) >= 11 is 3.23. The van der Waals surface area contributed by atoms with E-state index >= 15 is 0 Å². The number of benzene rings is 1. The van der Waals surface area contributed by atoms with E-state index in [1.807, 2.05) is 0 Å². The van der Waals surface area contributed by atoms with E-state index in [1.165, 1.54) is 12.1 Å². The van der Waals surface area contributed by atoms with Gasteiger partial charge in [0.1, 0.15) is 0 Å². The van der Waals surface area contributed by atoms with E-state index in [0.29, 0.717) is 6.54 Å². The molecule has 1 amide bonds. The van der Waals surface area contributed by atoms with Gasteiger partial charge in [0.05, 0.1) is 16.2 Å². The molecule has 0 saturated carbocycles. The van der Waals surface area contributed by atoms with Crippen molar-refractivity contribution in [3.05, 3.63) is 46.7 Å². The molecule has 0 atom stereocenters. The Morgan fingerprint density at radius 1 is 1.38 bits per heavy atom. The number of carbonyl (C=O) groups excluding carboxylic acids is 1. The second kappa shape index (κ2) is 6.30. The zero-order chi connectivity index (χ0) is 15.5. The number of amides is 1. The number of aryl methyl sites for hydroxylation is 1. The molecule has 0 radical (unpaired) electrons. The number of nitrogens with zero attached hydrogens (tertiary/aromatic N) is 2. The number of carbonyl (C=O) groups is 1. The van der Waals surface area contributed by atoms with Crippen molar-refractivity contribution < 1.29 is 18.0 Å². The summed E-state index contributed by atoms with van der Waals surface area (Å²) in [6, 6.07) is 4.53. The van der Waals surface area contributed by atoms with Gasteiger partial charge in [0, 0.05) is 24.8 Å². The molecule has 2 aromatic rings. The molecule has 4 nitrogen and oxygen atoms in total. The van der Waals surface area contributed by atoms with E-state index in [2.05, 4.69) is 26.3 Å². The Morgan fingerprint density at radius 3 is 2.76 bits per heavy atom. The summed E-state index contributed by atoms with van der Waals surface area (Å²) < 4.78 is 40.0. The smallest absolute Gasteiger partial charge is 0.326 e. The van der Waals surface area contributed by atoms with Crippen molar-refractivity contribution in [1.29, 1.82) is 0 Å². The lowest BCUT2D eigenvalue weighted by Gasteiger charge is -2.10. The zero-order valence-electron chi connectivity index (χ0n) is 10.7. The number of hydrogen-bond donors (Lipinski definition) is 1. The number of hydrogen-bond acceptors (Lipinski definition) is 2. The van der Waals surface area contributed by atoms with Gasteiger partial charge in [-0.15, -0.1) is 0 Å². The van der Waals surface area contributed by atoms with Crippen molar-refractivity contribution in [2.24, 2.45) is 0 Å². The number of alkyl halides is 3. The first-order valence-electron chi connectivity index (χ1n) is 5.99. The number of anilines is 1. The minimum atomic E-state index is -4.43. The van der Waals surface area contributed by atoms with Crippen LogP contribution in [0.2, 0.25) is 0 Å². The van der Waals surface area contributed by atoms with Crippen LogP contribution in [0.5, 0.6) is 0 Å². The molecule has 8 heteroatoms. The van der Waals surface area contributed by atoms with Crippen LogP contribution in [0.15, 0.2) is 41.1 Å². The predicted octanol–water partition coefficient (Wildman–Crippen LogP) is 3.69. The van der Waals surface area contributed by atoms with Gasteiger partial charge in [-0.2, -0.15) is 18.3 Å². The highest BCUT2D eigenvalue weighted by atomic mass is 79.9. The van der Waals surface area contributed by atoms with E-state index in [0.717, 1.165) is 16.6 Å². The molecule has 0 saturated heterocycles. The molecular formula is C13H11BrF3N3O. The van der Waals surface area contributed by atoms with E-state index < -0.39 is 11.7 Å². The summed E-state index contributed by atoms with van der Waals surface area (Å²) in [5, 5.41) is 6.42. The lowest BCUT2D eigenvalue weighted by atomic mass is 10.2. The summed E-state index contributed by atoms with van der Waals surface area (Å²) in [6.45, 7) is 0.344. The van der Waals surface area contributed by atoms with Crippen LogP contribution in [-0.2, 0) is 17.5 Å². The molecule has 0 bridgehead atoms. The van der Waals surface area contributed by atoms with Crippen LogP contribution in [-0.4, -0.2) is 15.7 Å². The Bertz CT molecular complexity index is 640. The number of aromatic nitrogens is 2. The molecule has 1 aromatic heterocycles. The third kappa shape index (κ3) is 4.59. The van der Waals surface area contributed by atoms with Gasteiger partial charge in [0.15, 0.2) is 0 Å². The van der Waals surface area contributed by atoms with Gasteiger partial charge in [-0.3, -0.25) is 9.48 Å². The SMILES string of the molecule is O=C(CCn1cc(Br)cn1)Nc1cccc(C(F)(F)F)c1. The monoisotopic (exact) mass is 361 g/mol. The first-order valence-corrected chi connectivity index (χ1v) is 6.79. The summed E-state index contributed by atoms with van der Waals surface area (Å²) in [7, 11) is 0. The van der Waals surface area contributed by atoms with Gasteiger partial charge >= 0.3 is 6.18 Å². The van der Waals surface area contributed by atoms with Crippen molar-refractivity contribution in [1.82, 2.24) is 9.78 Å². The van der Waals surface area contributed by atoms with E-state index in [4.69, 9.17) is 0 Å². The van der Waals surface area contributed by atoms with Crippen LogP contribution in [0.1, 0.15) is 12.0 Å². The molecule has 0 aliphatic carbocycles. The Kier molecular flexibility index (Phi) is 4.66. The second-order valence-corrected chi connectivity index (χ2v) is 5.21. The first-order chi connectivity index (χ1) is 9.84. The van der Waals surface area contributed by atoms with Crippen molar-refractivity contribution >= 4 is 27.5 Å². The van der Waals surface area contributed by atoms with Crippen LogP contribution in [0.3, 0.4) is 0 Å². The molecule has 1 aromatic carbocycles. The molecular weight excluding hydrogens is 351 g/mol. The first kappa shape index (κ1) is 15.6. The highest BCUT2D eigenvalue weighted by molar-refractivity contribution is 9.10. The van der Waals surface area contributed by atoms with Crippen molar-refractivity contribution in [3.63, 3.8) is 0 Å². The molecule has 0 unspecified atom stereocenters. The Labute approximate surface area is 127 Å². The lowest BCUT2D eigenvalue weighted by molar-refractivity contribution is -0.137. The van der Waals surface area contributed by atoms with Crippen molar-refractivity contribution in [2.75, 3.05) is 5.32 Å². The maximum Gasteiger partial charge on any atom is 0.416 e. The maximum atomic E-state index is 12.5. The fraction of sp³-hybridized carbons (Fsp3) is 0.231. The summed E-state index contributed by atoms with van der Waals surface area (Å²) in [5.41, 5.74) is -0.673. The highest BCUT2D eigenvalue weighted by Crippen LogP contribution is 2.30. The van der Waals surface area contributed by atoms with Crippen molar-refractivity contribution in [3.8, 4) is 0 Å². The number of nitrogens with one attached hydrogen (secondary N) is 1. The minimum Gasteiger partial charge on any atom is -0.326 e. The van der Waals surface area contributed by atoms with Crippen LogP contribution in [0.4, 0.5) is 18.9 Å². The average molecular weight is 362 g/mol. The molecule has 1 N–H and O–H groups in total. The van der Waals surface area contributed by atoms with Gasteiger partial charge in [-0.05, 0) is 34.1 Å². The quantitative estimate of drug-likeness (QED) is 0.902. The summed E-state index contributed by atoms with van der Waals surface area (Å²) in [4.78, 5) is 11.7. The van der Waals surface area contributed by atoms with Gasteiger partial charge in [-0.1, -0.05) is 6.07 Å². The topological polar surface area (TPSA) is 46.9 Å². The largest absolute Gasteiger partial charge is 0.416 e. The van der Waals surface area contributed by atoms with Crippen LogP contribution in [0, 0.1) is 0 Å². The summed E-state index contributed by atoms with van der Waals surface area (Å²) in [5.74, 6) is -0.374. The van der Waals surface area contributed by atoms with Crippen LogP contribution >= 0.6 is 15.9 Å². The fourth-order valence-electron chi connectivity index (χ4n) is 1.67. The normalized spacial score (nSPS) is 11.4.